The van der Waals surface area contributed by atoms with Crippen molar-refractivity contribution < 1.29 is 0 Å². The van der Waals surface area contributed by atoms with Gasteiger partial charge < -0.3 is 11.1 Å². The minimum absolute atomic E-state index is 0.164. The molecule has 4 nitrogen and oxygen atoms in total. The lowest BCUT2D eigenvalue weighted by Gasteiger charge is -2.10. The lowest BCUT2D eigenvalue weighted by Crippen LogP contribution is -2.01. The van der Waals surface area contributed by atoms with Gasteiger partial charge in [-0.15, -0.1) is 0 Å². The molecule has 6 heteroatoms. The molecule has 0 aliphatic carbocycles. The lowest BCUT2D eigenvalue weighted by atomic mass is 10.2. The summed E-state index contributed by atoms with van der Waals surface area (Å²) in [6.45, 7) is 1.96. The molecule has 3 N–H and O–H groups in total. The fourth-order valence-electron chi connectivity index (χ4n) is 1.32. The van der Waals surface area contributed by atoms with Crippen LogP contribution in [0.2, 0.25) is 10.0 Å². The first-order chi connectivity index (χ1) is 8.06. The van der Waals surface area contributed by atoms with Gasteiger partial charge in [0.1, 0.15) is 5.02 Å². The number of nitrogens with two attached hydrogens (primary N) is 1. The lowest BCUT2D eigenvalue weighted by molar-refractivity contribution is 1.18. The SMILES string of the molecule is Cc1ccc(Cl)cc1Nc1nc(N)ncc1Cl. The van der Waals surface area contributed by atoms with Crippen LogP contribution in [0, 0.1) is 6.92 Å². The molecule has 0 fully saturated rings. The van der Waals surface area contributed by atoms with Crippen LogP contribution in [0.25, 0.3) is 0 Å². The van der Waals surface area contributed by atoms with E-state index in [1.165, 1.54) is 6.20 Å². The number of anilines is 3. The van der Waals surface area contributed by atoms with Crippen molar-refractivity contribution in [2.45, 2.75) is 6.92 Å². The van der Waals surface area contributed by atoms with Crippen molar-refractivity contribution >= 4 is 40.7 Å². The van der Waals surface area contributed by atoms with Crippen LogP contribution in [-0.4, -0.2) is 9.97 Å². The Hall–Kier alpha value is -1.52. The zero-order valence-corrected chi connectivity index (χ0v) is 10.5. The van der Waals surface area contributed by atoms with Crippen molar-refractivity contribution in [1.82, 2.24) is 9.97 Å². The summed E-state index contributed by atoms with van der Waals surface area (Å²) in [4.78, 5) is 7.81. The molecule has 1 aromatic carbocycles. The fraction of sp³-hybridized carbons (Fsp3) is 0.0909. The third-order valence-electron chi connectivity index (χ3n) is 2.22. The van der Waals surface area contributed by atoms with E-state index in [4.69, 9.17) is 28.9 Å². The first kappa shape index (κ1) is 12.0. The van der Waals surface area contributed by atoms with Crippen molar-refractivity contribution in [3.63, 3.8) is 0 Å². The van der Waals surface area contributed by atoms with E-state index >= 15 is 0 Å². The molecule has 0 unspecified atom stereocenters. The van der Waals surface area contributed by atoms with Gasteiger partial charge in [0.15, 0.2) is 5.82 Å². The molecule has 2 rings (SSSR count). The first-order valence-corrected chi connectivity index (χ1v) is 5.63. The Kier molecular flexibility index (Phi) is 3.36. The Labute approximate surface area is 109 Å². The highest BCUT2D eigenvalue weighted by molar-refractivity contribution is 6.33. The summed E-state index contributed by atoms with van der Waals surface area (Å²) in [5.74, 6) is 0.626. The number of aryl methyl sites for hydroxylation is 1. The number of hydrogen-bond acceptors (Lipinski definition) is 4. The molecule has 17 heavy (non-hydrogen) atoms. The van der Waals surface area contributed by atoms with Gasteiger partial charge in [-0.25, -0.2) is 4.98 Å². The summed E-state index contributed by atoms with van der Waals surface area (Å²) in [5, 5.41) is 4.11. The standard InChI is InChI=1S/C11H10Cl2N4/c1-6-2-3-7(12)4-9(6)16-10-8(13)5-15-11(14)17-10/h2-5H,1H3,(H3,14,15,16,17). The maximum absolute atomic E-state index is 5.96. The first-order valence-electron chi connectivity index (χ1n) is 4.87. The molecular weight excluding hydrogens is 259 g/mol. The minimum atomic E-state index is 0.164. The van der Waals surface area contributed by atoms with Gasteiger partial charge in [0, 0.05) is 10.7 Å². The van der Waals surface area contributed by atoms with E-state index in [-0.39, 0.29) is 5.95 Å². The molecular formula is C11H10Cl2N4. The summed E-state index contributed by atoms with van der Waals surface area (Å²) in [6, 6.07) is 5.52. The molecule has 0 spiro atoms. The van der Waals surface area contributed by atoms with Gasteiger partial charge in [-0.3, -0.25) is 0 Å². The fourth-order valence-corrected chi connectivity index (χ4v) is 1.64. The second kappa shape index (κ2) is 4.77. The quantitative estimate of drug-likeness (QED) is 0.876. The molecule has 2 aromatic rings. The van der Waals surface area contributed by atoms with E-state index in [1.54, 1.807) is 6.07 Å². The van der Waals surface area contributed by atoms with Crippen LogP contribution < -0.4 is 11.1 Å². The van der Waals surface area contributed by atoms with Crippen LogP contribution in [-0.2, 0) is 0 Å². The number of benzene rings is 1. The number of nitrogens with one attached hydrogen (secondary N) is 1. The van der Waals surface area contributed by atoms with E-state index in [1.807, 2.05) is 19.1 Å². The van der Waals surface area contributed by atoms with Crippen LogP contribution >= 0.6 is 23.2 Å². The topological polar surface area (TPSA) is 63.8 Å². The molecule has 0 saturated heterocycles. The maximum atomic E-state index is 5.96. The van der Waals surface area contributed by atoms with E-state index in [9.17, 15) is 0 Å². The van der Waals surface area contributed by atoms with Gasteiger partial charge in [-0.05, 0) is 24.6 Å². The average molecular weight is 269 g/mol. The highest BCUT2D eigenvalue weighted by Gasteiger charge is 2.06. The summed E-state index contributed by atoms with van der Waals surface area (Å²) >= 11 is 11.9. The second-order valence-electron chi connectivity index (χ2n) is 3.51. The molecule has 1 aromatic heterocycles. The molecule has 0 bridgehead atoms. The van der Waals surface area contributed by atoms with Crippen molar-refractivity contribution in [1.29, 1.82) is 0 Å². The molecule has 0 amide bonds. The number of rotatable bonds is 2. The third kappa shape index (κ3) is 2.78. The summed E-state index contributed by atoms with van der Waals surface area (Å²) in [7, 11) is 0. The van der Waals surface area contributed by atoms with E-state index in [0.29, 0.717) is 15.9 Å². The Bertz CT molecular complexity index is 508. The average Bonchev–Trinajstić information content (AvgIpc) is 2.28. The van der Waals surface area contributed by atoms with Crippen LogP contribution in [0.15, 0.2) is 24.4 Å². The van der Waals surface area contributed by atoms with Crippen molar-refractivity contribution in [3.8, 4) is 0 Å². The summed E-state index contributed by atoms with van der Waals surface area (Å²) < 4.78 is 0. The smallest absolute Gasteiger partial charge is 0.222 e. The molecule has 0 aliphatic heterocycles. The number of aromatic nitrogens is 2. The van der Waals surface area contributed by atoms with Crippen molar-refractivity contribution in [2.24, 2.45) is 0 Å². The highest BCUT2D eigenvalue weighted by atomic mass is 35.5. The van der Waals surface area contributed by atoms with Crippen LogP contribution in [0.3, 0.4) is 0 Å². The predicted molar refractivity (Wildman–Crippen MR) is 70.9 cm³/mol. The van der Waals surface area contributed by atoms with Crippen LogP contribution in [0.4, 0.5) is 17.5 Å². The number of nitrogens with zero attached hydrogens (tertiary/aromatic N) is 2. The van der Waals surface area contributed by atoms with E-state index in [0.717, 1.165) is 11.3 Å². The number of hydrogen-bond donors (Lipinski definition) is 2. The Morgan fingerprint density at radius 3 is 2.82 bits per heavy atom. The predicted octanol–water partition coefficient (Wildman–Crippen LogP) is 3.42. The van der Waals surface area contributed by atoms with Crippen LogP contribution in [0.1, 0.15) is 5.56 Å². The van der Waals surface area contributed by atoms with Gasteiger partial charge in [0.05, 0.1) is 6.20 Å². The molecule has 0 atom stereocenters. The molecule has 0 radical (unpaired) electrons. The molecule has 88 valence electrons. The Morgan fingerprint density at radius 2 is 2.06 bits per heavy atom. The van der Waals surface area contributed by atoms with Crippen molar-refractivity contribution in [2.75, 3.05) is 11.1 Å². The third-order valence-corrected chi connectivity index (χ3v) is 2.73. The van der Waals surface area contributed by atoms with Gasteiger partial charge in [0.25, 0.3) is 0 Å². The molecule has 0 saturated carbocycles. The summed E-state index contributed by atoms with van der Waals surface area (Å²) in [6.07, 6.45) is 1.45. The van der Waals surface area contributed by atoms with Gasteiger partial charge in [0.2, 0.25) is 5.95 Å². The summed E-state index contributed by atoms with van der Waals surface area (Å²) in [5.41, 5.74) is 7.36. The number of halogens is 2. The Balaban J connectivity index is 2.37. The minimum Gasteiger partial charge on any atom is -0.368 e. The molecule has 1 heterocycles. The van der Waals surface area contributed by atoms with Gasteiger partial charge >= 0.3 is 0 Å². The van der Waals surface area contributed by atoms with E-state index in [2.05, 4.69) is 15.3 Å². The van der Waals surface area contributed by atoms with Crippen molar-refractivity contribution in [3.05, 3.63) is 40.0 Å². The number of nitrogen functional groups attached to an aromatic ring is 1. The Morgan fingerprint density at radius 1 is 1.29 bits per heavy atom. The van der Waals surface area contributed by atoms with Gasteiger partial charge in [-0.1, -0.05) is 29.3 Å². The van der Waals surface area contributed by atoms with Crippen LogP contribution in [0.5, 0.6) is 0 Å². The van der Waals surface area contributed by atoms with E-state index < -0.39 is 0 Å². The molecule has 0 aliphatic rings. The monoisotopic (exact) mass is 268 g/mol. The zero-order valence-electron chi connectivity index (χ0n) is 9.04. The normalized spacial score (nSPS) is 10.3. The second-order valence-corrected chi connectivity index (χ2v) is 4.35. The van der Waals surface area contributed by atoms with Gasteiger partial charge in [-0.2, -0.15) is 4.98 Å². The highest BCUT2D eigenvalue weighted by Crippen LogP contribution is 2.27. The zero-order chi connectivity index (χ0) is 12.4. The largest absolute Gasteiger partial charge is 0.368 e. The maximum Gasteiger partial charge on any atom is 0.222 e.